The van der Waals surface area contributed by atoms with Gasteiger partial charge in [-0.2, -0.15) is 0 Å². The molecule has 3 heterocycles. The predicted octanol–water partition coefficient (Wildman–Crippen LogP) is 4.34. The van der Waals surface area contributed by atoms with E-state index in [1.54, 1.807) is 0 Å². The molecule has 1 aromatic carbocycles. The minimum atomic E-state index is -0.456. The maximum Gasteiger partial charge on any atom is 0.147 e. The lowest BCUT2D eigenvalue weighted by Crippen LogP contribution is -2.62. The van der Waals surface area contributed by atoms with E-state index in [0.717, 1.165) is 5.69 Å². The van der Waals surface area contributed by atoms with Crippen LogP contribution >= 0.6 is 11.8 Å². The Hall–Kier alpha value is -1.58. The molecule has 1 fully saturated rings. The van der Waals surface area contributed by atoms with Crippen LogP contribution in [0.2, 0.25) is 0 Å². The predicted molar refractivity (Wildman–Crippen MR) is 85.8 cm³/mol. The largest absolute Gasteiger partial charge is 0.345 e. The Morgan fingerprint density at radius 1 is 1.10 bits per heavy atom. The lowest BCUT2D eigenvalue weighted by Gasteiger charge is -2.57. The number of fused-ring (bicyclic) bond motifs is 1. The van der Waals surface area contributed by atoms with Gasteiger partial charge in [0.2, 0.25) is 0 Å². The molecule has 2 nitrogen and oxygen atoms in total. The van der Waals surface area contributed by atoms with Gasteiger partial charge in [-0.15, -0.1) is 0 Å². The quantitative estimate of drug-likeness (QED) is 0.823. The summed E-state index contributed by atoms with van der Waals surface area (Å²) in [5.41, 5.74) is 1.71. The second-order valence-corrected chi connectivity index (χ2v) is 7.45. The normalized spacial score (nSPS) is 34.0. The van der Waals surface area contributed by atoms with Crippen molar-refractivity contribution in [2.45, 2.75) is 24.4 Å². The molecular formula is C18H17NOS. The summed E-state index contributed by atoms with van der Waals surface area (Å²) in [4.78, 5) is 5.76. The SMILES string of the molecule is CC1=C[C@H]2[C@](c3ccccc3)(c3ccccn3)O[C@@]2(C)S1. The lowest BCUT2D eigenvalue weighted by molar-refractivity contribution is -0.240. The highest BCUT2D eigenvalue weighted by atomic mass is 32.2. The molecule has 0 saturated carbocycles. The van der Waals surface area contributed by atoms with Crippen molar-refractivity contribution >= 4 is 11.8 Å². The highest BCUT2D eigenvalue weighted by Gasteiger charge is 2.66. The van der Waals surface area contributed by atoms with Gasteiger partial charge in [-0.05, 0) is 36.4 Å². The fourth-order valence-electron chi connectivity index (χ4n) is 3.57. The third-order valence-electron chi connectivity index (χ3n) is 4.38. The molecule has 1 aromatic heterocycles. The van der Waals surface area contributed by atoms with E-state index in [-0.39, 0.29) is 4.93 Å². The van der Waals surface area contributed by atoms with Crippen LogP contribution in [0.3, 0.4) is 0 Å². The van der Waals surface area contributed by atoms with E-state index >= 15 is 0 Å². The summed E-state index contributed by atoms with van der Waals surface area (Å²) in [5.74, 6) is 0.312. The molecule has 2 aliphatic heterocycles. The van der Waals surface area contributed by atoms with Gasteiger partial charge in [0.25, 0.3) is 0 Å². The van der Waals surface area contributed by atoms with E-state index in [0.29, 0.717) is 5.92 Å². The first-order valence-electron chi connectivity index (χ1n) is 7.20. The van der Waals surface area contributed by atoms with E-state index in [2.05, 4.69) is 55.2 Å². The van der Waals surface area contributed by atoms with Gasteiger partial charge in [-0.25, -0.2) is 0 Å². The number of rotatable bonds is 2. The van der Waals surface area contributed by atoms with Crippen molar-refractivity contribution in [3.63, 3.8) is 0 Å². The molecule has 21 heavy (non-hydrogen) atoms. The van der Waals surface area contributed by atoms with Crippen LogP contribution < -0.4 is 0 Å². The van der Waals surface area contributed by atoms with Gasteiger partial charge < -0.3 is 4.74 Å². The van der Waals surface area contributed by atoms with E-state index in [1.807, 2.05) is 36.2 Å². The number of allylic oxidation sites excluding steroid dienone is 1. The van der Waals surface area contributed by atoms with Crippen LogP contribution in [0.1, 0.15) is 25.1 Å². The van der Waals surface area contributed by atoms with Crippen molar-refractivity contribution in [3.8, 4) is 0 Å². The maximum atomic E-state index is 6.53. The number of ether oxygens (including phenoxy) is 1. The molecule has 3 heteroatoms. The van der Waals surface area contributed by atoms with Crippen LogP contribution in [0.4, 0.5) is 0 Å². The van der Waals surface area contributed by atoms with Crippen molar-refractivity contribution in [1.82, 2.24) is 4.98 Å². The molecule has 0 radical (unpaired) electrons. The van der Waals surface area contributed by atoms with Crippen LogP contribution in [0, 0.1) is 5.92 Å². The Morgan fingerprint density at radius 2 is 1.86 bits per heavy atom. The molecular weight excluding hydrogens is 278 g/mol. The molecule has 0 aliphatic carbocycles. The number of thioether (sulfide) groups is 1. The average Bonchev–Trinajstić information content (AvgIpc) is 2.75. The summed E-state index contributed by atoms with van der Waals surface area (Å²) >= 11 is 1.82. The summed E-state index contributed by atoms with van der Waals surface area (Å²) in [7, 11) is 0. The molecule has 2 aromatic rings. The zero-order valence-electron chi connectivity index (χ0n) is 12.1. The Morgan fingerprint density at radius 3 is 2.52 bits per heavy atom. The van der Waals surface area contributed by atoms with Gasteiger partial charge in [-0.1, -0.05) is 54.2 Å². The molecule has 2 aliphatic rings. The molecule has 0 spiro atoms. The van der Waals surface area contributed by atoms with E-state index in [9.17, 15) is 0 Å². The monoisotopic (exact) mass is 295 g/mol. The Kier molecular flexibility index (Phi) is 2.78. The van der Waals surface area contributed by atoms with Gasteiger partial charge in [-0.3, -0.25) is 4.98 Å². The van der Waals surface area contributed by atoms with Gasteiger partial charge in [0.15, 0.2) is 0 Å². The molecule has 0 unspecified atom stereocenters. The van der Waals surface area contributed by atoms with Crippen LogP contribution in [0.15, 0.2) is 65.7 Å². The molecule has 1 saturated heterocycles. The number of pyridine rings is 1. The van der Waals surface area contributed by atoms with Crippen LogP contribution in [0.5, 0.6) is 0 Å². The third kappa shape index (κ3) is 1.74. The van der Waals surface area contributed by atoms with E-state index < -0.39 is 5.60 Å². The minimum Gasteiger partial charge on any atom is -0.345 e. The van der Waals surface area contributed by atoms with Crippen molar-refractivity contribution in [2.24, 2.45) is 5.92 Å². The Labute approximate surface area is 129 Å². The summed E-state index contributed by atoms with van der Waals surface area (Å²) in [5, 5.41) is 0. The molecule has 0 bridgehead atoms. The van der Waals surface area contributed by atoms with Crippen molar-refractivity contribution in [3.05, 3.63) is 77.0 Å². The fourth-order valence-corrected chi connectivity index (χ4v) is 4.94. The number of hydrogen-bond donors (Lipinski definition) is 0. The summed E-state index contributed by atoms with van der Waals surface area (Å²) in [6, 6.07) is 16.5. The van der Waals surface area contributed by atoms with Gasteiger partial charge in [0.05, 0.1) is 11.6 Å². The zero-order valence-corrected chi connectivity index (χ0v) is 12.9. The van der Waals surface area contributed by atoms with Crippen molar-refractivity contribution < 1.29 is 4.74 Å². The first-order valence-corrected chi connectivity index (χ1v) is 8.01. The highest BCUT2D eigenvalue weighted by molar-refractivity contribution is 8.04. The van der Waals surface area contributed by atoms with Gasteiger partial charge in [0.1, 0.15) is 10.5 Å². The standard InChI is InChI=1S/C18H17NOS/c1-13-12-15-17(2,21-13)20-18(15,14-8-4-3-5-9-14)16-10-6-7-11-19-16/h3-12,15H,1-2H3/t15-,17+,18-/m1/s1. The number of benzene rings is 1. The lowest BCUT2D eigenvalue weighted by atomic mass is 9.70. The summed E-state index contributed by atoms with van der Waals surface area (Å²) < 4.78 is 6.53. The maximum absolute atomic E-state index is 6.53. The first-order chi connectivity index (χ1) is 10.2. The van der Waals surface area contributed by atoms with Crippen molar-refractivity contribution in [1.29, 1.82) is 0 Å². The highest BCUT2D eigenvalue weighted by Crippen LogP contribution is 2.66. The molecule has 0 N–H and O–H groups in total. The van der Waals surface area contributed by atoms with Gasteiger partial charge in [0, 0.05) is 6.20 Å². The number of aromatic nitrogens is 1. The van der Waals surface area contributed by atoms with Crippen LogP contribution in [0.25, 0.3) is 0 Å². The zero-order chi connectivity index (χ0) is 14.5. The van der Waals surface area contributed by atoms with Crippen LogP contribution in [-0.4, -0.2) is 9.92 Å². The van der Waals surface area contributed by atoms with E-state index in [1.165, 1.54) is 10.5 Å². The Balaban J connectivity index is 1.90. The smallest absolute Gasteiger partial charge is 0.147 e. The molecule has 106 valence electrons. The molecule has 3 atom stereocenters. The average molecular weight is 295 g/mol. The summed E-state index contributed by atoms with van der Waals surface area (Å²) in [6.45, 7) is 4.34. The first kappa shape index (κ1) is 13.1. The van der Waals surface area contributed by atoms with Crippen molar-refractivity contribution in [2.75, 3.05) is 0 Å². The van der Waals surface area contributed by atoms with Gasteiger partial charge >= 0.3 is 0 Å². The second kappa shape index (κ2) is 4.46. The minimum absolute atomic E-state index is 0.169. The molecule has 4 rings (SSSR count). The Bertz CT molecular complexity index is 658. The number of nitrogens with zero attached hydrogens (tertiary/aromatic N) is 1. The second-order valence-electron chi connectivity index (χ2n) is 5.79. The number of hydrogen-bond acceptors (Lipinski definition) is 3. The fraction of sp³-hybridized carbons (Fsp3) is 0.278. The van der Waals surface area contributed by atoms with Crippen LogP contribution in [-0.2, 0) is 10.3 Å². The molecule has 0 amide bonds. The topological polar surface area (TPSA) is 22.1 Å². The summed E-state index contributed by atoms with van der Waals surface area (Å²) in [6.07, 6.45) is 4.19. The van der Waals surface area contributed by atoms with E-state index in [4.69, 9.17) is 4.74 Å². The third-order valence-corrected chi connectivity index (χ3v) is 5.58.